The quantitative estimate of drug-likeness (QED) is 0.658. The van der Waals surface area contributed by atoms with Gasteiger partial charge in [-0.1, -0.05) is 13.0 Å². The SMILES string of the molecule is CCc1ccc2oc(C(=O)NCC(c3ccco3)N3CCCC3)cc(=O)c2c1.Cl. The number of amides is 1. The zero-order valence-corrected chi connectivity index (χ0v) is 17.2. The zero-order valence-electron chi connectivity index (χ0n) is 16.3. The van der Waals surface area contributed by atoms with Crippen LogP contribution in [0, 0.1) is 0 Å². The van der Waals surface area contributed by atoms with E-state index < -0.39 is 5.91 Å². The summed E-state index contributed by atoms with van der Waals surface area (Å²) in [5.74, 6) is 0.463. The topological polar surface area (TPSA) is 75.7 Å². The lowest BCUT2D eigenvalue weighted by atomic mass is 10.1. The predicted molar refractivity (Wildman–Crippen MR) is 114 cm³/mol. The fourth-order valence-corrected chi connectivity index (χ4v) is 3.76. The zero-order chi connectivity index (χ0) is 19.5. The summed E-state index contributed by atoms with van der Waals surface area (Å²) in [5.41, 5.74) is 1.28. The van der Waals surface area contributed by atoms with E-state index in [-0.39, 0.29) is 29.6 Å². The van der Waals surface area contributed by atoms with Crippen molar-refractivity contribution in [3.8, 4) is 0 Å². The lowest BCUT2D eigenvalue weighted by molar-refractivity contribution is 0.0906. The Kier molecular flexibility index (Phi) is 6.77. The first-order valence-electron chi connectivity index (χ1n) is 9.78. The largest absolute Gasteiger partial charge is 0.468 e. The van der Waals surface area contributed by atoms with Crippen LogP contribution in [0.15, 0.2) is 56.3 Å². The molecule has 6 nitrogen and oxygen atoms in total. The van der Waals surface area contributed by atoms with Gasteiger partial charge < -0.3 is 14.2 Å². The average molecular weight is 417 g/mol. The number of carbonyl (C=O) groups excluding carboxylic acids is 1. The van der Waals surface area contributed by atoms with Crippen LogP contribution in [0.25, 0.3) is 11.0 Å². The van der Waals surface area contributed by atoms with Gasteiger partial charge in [-0.25, -0.2) is 0 Å². The molecule has 1 saturated heterocycles. The van der Waals surface area contributed by atoms with E-state index in [4.69, 9.17) is 8.83 Å². The second kappa shape index (κ2) is 9.29. The second-order valence-electron chi connectivity index (χ2n) is 7.14. The van der Waals surface area contributed by atoms with E-state index in [1.165, 1.54) is 6.07 Å². The van der Waals surface area contributed by atoms with Crippen LogP contribution in [0.3, 0.4) is 0 Å². The molecule has 1 fully saturated rings. The lowest BCUT2D eigenvalue weighted by Crippen LogP contribution is -2.36. The molecule has 2 aromatic heterocycles. The number of halogens is 1. The van der Waals surface area contributed by atoms with Crippen molar-refractivity contribution in [1.29, 1.82) is 0 Å². The number of nitrogens with zero attached hydrogens (tertiary/aromatic N) is 1. The molecular weight excluding hydrogens is 392 g/mol. The molecule has 0 aliphatic carbocycles. The highest BCUT2D eigenvalue weighted by atomic mass is 35.5. The van der Waals surface area contributed by atoms with Crippen LogP contribution in [-0.4, -0.2) is 30.4 Å². The molecule has 1 N–H and O–H groups in total. The van der Waals surface area contributed by atoms with Crippen LogP contribution < -0.4 is 10.7 Å². The van der Waals surface area contributed by atoms with Crippen molar-refractivity contribution < 1.29 is 13.6 Å². The average Bonchev–Trinajstić information content (AvgIpc) is 3.42. The Balaban J connectivity index is 0.00000240. The fraction of sp³-hybridized carbons (Fsp3) is 0.364. The third-order valence-corrected chi connectivity index (χ3v) is 5.33. The number of aryl methyl sites for hydroxylation is 1. The van der Waals surface area contributed by atoms with Gasteiger partial charge in [0.25, 0.3) is 5.91 Å². The van der Waals surface area contributed by atoms with Crippen LogP contribution in [0.4, 0.5) is 0 Å². The van der Waals surface area contributed by atoms with Gasteiger partial charge in [-0.3, -0.25) is 14.5 Å². The highest BCUT2D eigenvalue weighted by molar-refractivity contribution is 5.93. The molecule has 4 rings (SSSR count). The lowest BCUT2D eigenvalue weighted by Gasteiger charge is -2.25. The number of hydrogen-bond donors (Lipinski definition) is 1. The highest BCUT2D eigenvalue weighted by Gasteiger charge is 2.26. The Hall–Kier alpha value is -2.57. The van der Waals surface area contributed by atoms with Crippen molar-refractivity contribution >= 4 is 29.3 Å². The van der Waals surface area contributed by atoms with Gasteiger partial charge in [0.15, 0.2) is 11.2 Å². The Morgan fingerprint density at radius 1 is 1.21 bits per heavy atom. The number of hydrogen-bond acceptors (Lipinski definition) is 5. The number of rotatable bonds is 6. The van der Waals surface area contributed by atoms with E-state index in [9.17, 15) is 9.59 Å². The van der Waals surface area contributed by atoms with Crippen LogP contribution in [0.5, 0.6) is 0 Å². The van der Waals surface area contributed by atoms with Crippen LogP contribution in [-0.2, 0) is 6.42 Å². The predicted octanol–water partition coefficient (Wildman–Crippen LogP) is 3.94. The van der Waals surface area contributed by atoms with E-state index in [0.717, 1.165) is 43.7 Å². The first-order valence-corrected chi connectivity index (χ1v) is 9.78. The molecule has 1 unspecified atom stereocenters. The summed E-state index contributed by atoms with van der Waals surface area (Å²) >= 11 is 0. The van der Waals surface area contributed by atoms with Gasteiger partial charge in [0.05, 0.1) is 17.7 Å². The highest BCUT2D eigenvalue weighted by Crippen LogP contribution is 2.25. The molecule has 0 saturated carbocycles. The van der Waals surface area contributed by atoms with Crippen LogP contribution >= 0.6 is 12.4 Å². The minimum atomic E-state index is -0.394. The standard InChI is InChI=1S/C22H24N2O4.ClH/c1-2-15-7-8-19-16(12-15)18(25)13-21(28-19)22(26)23-14-17(20-6-5-11-27-20)24-9-3-4-10-24;/h5-8,11-13,17H,2-4,9-10,14H2,1H3,(H,23,26);1H. The Bertz CT molecular complexity index is 1020. The maximum Gasteiger partial charge on any atom is 0.287 e. The molecule has 1 aliphatic heterocycles. The summed E-state index contributed by atoms with van der Waals surface area (Å²) in [6.45, 7) is 4.38. The third-order valence-electron chi connectivity index (χ3n) is 5.33. The Labute approximate surface area is 175 Å². The van der Waals surface area contributed by atoms with Crippen LogP contribution in [0.1, 0.15) is 47.7 Å². The number of nitrogens with one attached hydrogen (secondary N) is 1. The van der Waals surface area contributed by atoms with Gasteiger partial charge in [0, 0.05) is 12.6 Å². The minimum absolute atomic E-state index is 0. The van der Waals surface area contributed by atoms with Gasteiger partial charge in [-0.05, 0) is 62.2 Å². The van der Waals surface area contributed by atoms with Gasteiger partial charge >= 0.3 is 0 Å². The molecule has 0 bridgehead atoms. The molecule has 154 valence electrons. The maximum absolute atomic E-state index is 12.7. The summed E-state index contributed by atoms with van der Waals surface area (Å²) in [7, 11) is 0. The van der Waals surface area contributed by atoms with Crippen molar-refractivity contribution in [2.75, 3.05) is 19.6 Å². The maximum atomic E-state index is 12.7. The number of likely N-dealkylation sites (tertiary alicyclic amines) is 1. The summed E-state index contributed by atoms with van der Waals surface area (Å²) in [6, 6.07) is 10.5. The van der Waals surface area contributed by atoms with E-state index in [2.05, 4.69) is 10.2 Å². The number of carbonyl (C=O) groups is 1. The van der Waals surface area contributed by atoms with Crippen molar-refractivity contribution in [2.45, 2.75) is 32.2 Å². The first kappa shape index (κ1) is 21.1. The van der Waals surface area contributed by atoms with Gasteiger partial charge in [0.2, 0.25) is 0 Å². The van der Waals surface area contributed by atoms with Gasteiger partial charge in [0.1, 0.15) is 11.3 Å². The molecule has 3 heterocycles. The van der Waals surface area contributed by atoms with Crippen molar-refractivity contribution in [1.82, 2.24) is 10.2 Å². The van der Waals surface area contributed by atoms with E-state index in [1.54, 1.807) is 12.3 Å². The van der Waals surface area contributed by atoms with Crippen molar-refractivity contribution in [3.05, 3.63) is 70.0 Å². The monoisotopic (exact) mass is 416 g/mol. The minimum Gasteiger partial charge on any atom is -0.468 e. The van der Waals surface area contributed by atoms with Gasteiger partial charge in [-0.2, -0.15) is 0 Å². The molecule has 29 heavy (non-hydrogen) atoms. The van der Waals surface area contributed by atoms with E-state index in [1.807, 2.05) is 31.2 Å². The molecule has 7 heteroatoms. The molecule has 1 atom stereocenters. The van der Waals surface area contributed by atoms with Gasteiger partial charge in [-0.15, -0.1) is 12.4 Å². The van der Waals surface area contributed by atoms with Crippen molar-refractivity contribution in [3.63, 3.8) is 0 Å². The first-order chi connectivity index (χ1) is 13.7. The molecule has 1 aliphatic rings. The second-order valence-corrected chi connectivity index (χ2v) is 7.14. The van der Waals surface area contributed by atoms with E-state index >= 15 is 0 Å². The Morgan fingerprint density at radius 3 is 2.69 bits per heavy atom. The Morgan fingerprint density at radius 2 is 2.00 bits per heavy atom. The normalized spacial score (nSPS) is 15.2. The molecule has 1 amide bonds. The summed E-state index contributed by atoms with van der Waals surface area (Å²) in [5, 5.41) is 3.41. The molecular formula is C22H25ClN2O4. The summed E-state index contributed by atoms with van der Waals surface area (Å²) in [4.78, 5) is 27.4. The summed E-state index contributed by atoms with van der Waals surface area (Å²) in [6.07, 6.45) is 4.77. The molecule has 0 radical (unpaired) electrons. The number of furan rings is 1. The molecule has 0 spiro atoms. The summed E-state index contributed by atoms with van der Waals surface area (Å²) < 4.78 is 11.3. The molecule has 1 aromatic carbocycles. The number of fused-ring (bicyclic) bond motifs is 1. The van der Waals surface area contributed by atoms with E-state index in [0.29, 0.717) is 17.5 Å². The third kappa shape index (κ3) is 4.54. The van der Waals surface area contributed by atoms with Crippen molar-refractivity contribution in [2.24, 2.45) is 0 Å². The van der Waals surface area contributed by atoms with Crippen LogP contribution in [0.2, 0.25) is 0 Å². The molecule has 3 aromatic rings. The smallest absolute Gasteiger partial charge is 0.287 e. The fourth-order valence-electron chi connectivity index (χ4n) is 3.76. The number of benzene rings is 1.